The van der Waals surface area contributed by atoms with Crippen molar-refractivity contribution in [2.45, 2.75) is 26.1 Å². The number of fused-ring (bicyclic) bond motifs is 2. The number of aromatic nitrogens is 3. The van der Waals surface area contributed by atoms with Gasteiger partial charge in [-0.15, -0.1) is 11.3 Å². The van der Waals surface area contributed by atoms with E-state index >= 15 is 0 Å². The van der Waals surface area contributed by atoms with Gasteiger partial charge >= 0.3 is 12.1 Å². The first kappa shape index (κ1) is 21.0. The van der Waals surface area contributed by atoms with Gasteiger partial charge in [-0.3, -0.25) is 9.59 Å². The van der Waals surface area contributed by atoms with E-state index in [1.807, 2.05) is 0 Å². The SMILES string of the molecule is CCOC(=O)Cc1nn(Cc2nc3cc(C(F)(F)F)ccc3s2)c(=O)c2ccccc12. The molecule has 0 saturated carbocycles. The monoisotopic (exact) mass is 447 g/mol. The van der Waals surface area contributed by atoms with Crippen LogP contribution in [-0.4, -0.2) is 27.3 Å². The van der Waals surface area contributed by atoms with E-state index in [9.17, 15) is 22.8 Å². The molecule has 2 aromatic carbocycles. The van der Waals surface area contributed by atoms with Crippen LogP contribution in [0.3, 0.4) is 0 Å². The van der Waals surface area contributed by atoms with Gasteiger partial charge in [-0.05, 0) is 31.2 Å². The Bertz CT molecular complexity index is 1340. The molecule has 0 fully saturated rings. The van der Waals surface area contributed by atoms with Gasteiger partial charge in [0.1, 0.15) is 5.01 Å². The molecule has 4 aromatic rings. The maximum atomic E-state index is 13.0. The maximum Gasteiger partial charge on any atom is 0.416 e. The van der Waals surface area contributed by atoms with Crippen LogP contribution in [0.25, 0.3) is 21.0 Å². The highest BCUT2D eigenvalue weighted by atomic mass is 32.1. The predicted molar refractivity (Wildman–Crippen MR) is 110 cm³/mol. The Hall–Kier alpha value is -3.27. The Morgan fingerprint density at radius 1 is 1.16 bits per heavy atom. The summed E-state index contributed by atoms with van der Waals surface area (Å²) >= 11 is 1.18. The molecule has 0 radical (unpaired) electrons. The number of nitrogens with zero attached hydrogens (tertiary/aromatic N) is 3. The summed E-state index contributed by atoms with van der Waals surface area (Å²) in [6, 6.07) is 10.1. The smallest absolute Gasteiger partial charge is 0.416 e. The highest BCUT2D eigenvalue weighted by Gasteiger charge is 2.30. The van der Waals surface area contributed by atoms with E-state index in [-0.39, 0.29) is 30.6 Å². The van der Waals surface area contributed by atoms with Crippen molar-refractivity contribution in [2.24, 2.45) is 0 Å². The molecule has 6 nitrogen and oxygen atoms in total. The molecule has 0 saturated heterocycles. The Morgan fingerprint density at radius 3 is 2.61 bits per heavy atom. The lowest BCUT2D eigenvalue weighted by Gasteiger charge is -2.10. The Labute approximate surface area is 177 Å². The van der Waals surface area contributed by atoms with E-state index in [2.05, 4.69) is 10.1 Å². The van der Waals surface area contributed by atoms with Crippen LogP contribution in [0.4, 0.5) is 13.2 Å². The molecule has 0 unspecified atom stereocenters. The fourth-order valence-electron chi connectivity index (χ4n) is 3.24. The van der Waals surface area contributed by atoms with Gasteiger partial charge in [-0.2, -0.15) is 18.3 Å². The lowest BCUT2D eigenvalue weighted by molar-refractivity contribution is -0.142. The van der Waals surface area contributed by atoms with E-state index in [1.54, 1.807) is 31.2 Å². The molecule has 0 atom stereocenters. The number of thiazole rings is 1. The average molecular weight is 447 g/mol. The van der Waals surface area contributed by atoms with Crippen molar-refractivity contribution in [3.05, 3.63) is 69.1 Å². The summed E-state index contributed by atoms with van der Waals surface area (Å²) < 4.78 is 45.6. The minimum Gasteiger partial charge on any atom is -0.466 e. The second kappa shape index (κ2) is 8.10. The van der Waals surface area contributed by atoms with Crippen molar-refractivity contribution in [1.29, 1.82) is 0 Å². The summed E-state index contributed by atoms with van der Waals surface area (Å²) in [5, 5.41) is 5.70. The van der Waals surface area contributed by atoms with Crippen LogP contribution in [0.5, 0.6) is 0 Å². The number of carbonyl (C=O) groups excluding carboxylic acids is 1. The van der Waals surface area contributed by atoms with E-state index in [0.29, 0.717) is 26.2 Å². The molecule has 0 spiro atoms. The summed E-state index contributed by atoms with van der Waals surface area (Å²) in [7, 11) is 0. The number of benzene rings is 2. The summed E-state index contributed by atoms with van der Waals surface area (Å²) in [6.45, 7) is 1.89. The number of hydrogen-bond donors (Lipinski definition) is 0. The molecule has 0 bridgehead atoms. The fourth-order valence-corrected chi connectivity index (χ4v) is 4.17. The van der Waals surface area contributed by atoms with Crippen LogP contribution in [0.15, 0.2) is 47.3 Å². The fraction of sp³-hybridized carbons (Fsp3) is 0.238. The third-order valence-corrected chi connectivity index (χ3v) is 5.63. The zero-order valence-electron chi connectivity index (χ0n) is 16.3. The summed E-state index contributed by atoms with van der Waals surface area (Å²) in [5.41, 5.74) is -0.572. The molecule has 0 amide bonds. The number of hydrogen-bond acceptors (Lipinski definition) is 6. The quantitative estimate of drug-likeness (QED) is 0.429. The number of rotatable bonds is 5. The number of halogens is 3. The van der Waals surface area contributed by atoms with Crippen molar-refractivity contribution in [2.75, 3.05) is 6.61 Å². The largest absolute Gasteiger partial charge is 0.466 e. The summed E-state index contributed by atoms with van der Waals surface area (Å²) in [6.07, 6.45) is -4.57. The second-order valence-corrected chi connectivity index (χ2v) is 7.84. The lowest BCUT2D eigenvalue weighted by Crippen LogP contribution is -2.26. The highest BCUT2D eigenvalue weighted by molar-refractivity contribution is 7.18. The van der Waals surface area contributed by atoms with Crippen LogP contribution in [0.1, 0.15) is 23.2 Å². The van der Waals surface area contributed by atoms with E-state index in [0.717, 1.165) is 12.1 Å². The van der Waals surface area contributed by atoms with Crippen molar-refractivity contribution in [3.8, 4) is 0 Å². The minimum absolute atomic E-state index is 0.0276. The molecule has 0 N–H and O–H groups in total. The molecule has 0 aliphatic carbocycles. The van der Waals surface area contributed by atoms with E-state index in [4.69, 9.17) is 4.74 Å². The molecular formula is C21H16F3N3O3S. The standard InChI is InChI=1S/C21H16F3N3O3S/c1-2-30-19(28)10-15-13-5-3-4-6-14(13)20(29)27(26-15)11-18-25-16-9-12(21(22,23)24)7-8-17(16)31-18/h3-9H,2,10-11H2,1H3. The first-order valence-corrected chi connectivity index (χ1v) is 10.2. The topological polar surface area (TPSA) is 74.1 Å². The minimum atomic E-state index is -4.46. The van der Waals surface area contributed by atoms with Gasteiger partial charge in [0.15, 0.2) is 0 Å². The molecule has 2 heterocycles. The molecular weight excluding hydrogens is 431 g/mol. The van der Waals surface area contributed by atoms with Gasteiger partial charge in [-0.1, -0.05) is 18.2 Å². The summed E-state index contributed by atoms with van der Waals surface area (Å²) in [4.78, 5) is 29.1. The zero-order chi connectivity index (χ0) is 22.2. The average Bonchev–Trinajstić information content (AvgIpc) is 3.12. The Morgan fingerprint density at radius 2 is 1.90 bits per heavy atom. The molecule has 31 heavy (non-hydrogen) atoms. The first-order chi connectivity index (χ1) is 14.8. The number of alkyl halides is 3. The molecule has 0 aliphatic heterocycles. The van der Waals surface area contributed by atoms with Crippen molar-refractivity contribution in [1.82, 2.24) is 14.8 Å². The van der Waals surface area contributed by atoms with Crippen molar-refractivity contribution >= 4 is 38.3 Å². The number of esters is 1. The third kappa shape index (κ3) is 4.29. The van der Waals surface area contributed by atoms with Crippen LogP contribution < -0.4 is 5.56 Å². The third-order valence-electron chi connectivity index (χ3n) is 4.61. The van der Waals surface area contributed by atoms with E-state index in [1.165, 1.54) is 22.1 Å². The number of ether oxygens (including phenoxy) is 1. The zero-order valence-corrected chi connectivity index (χ0v) is 17.1. The molecule has 160 valence electrons. The highest BCUT2D eigenvalue weighted by Crippen LogP contribution is 2.33. The van der Waals surface area contributed by atoms with Gasteiger partial charge in [-0.25, -0.2) is 9.67 Å². The van der Waals surface area contributed by atoms with Crippen molar-refractivity contribution < 1.29 is 22.7 Å². The van der Waals surface area contributed by atoms with Gasteiger partial charge in [0, 0.05) is 5.39 Å². The lowest BCUT2D eigenvalue weighted by atomic mass is 10.1. The first-order valence-electron chi connectivity index (χ1n) is 9.37. The van der Waals surface area contributed by atoms with Crippen LogP contribution in [0.2, 0.25) is 0 Å². The molecule has 0 aliphatic rings. The second-order valence-electron chi connectivity index (χ2n) is 6.72. The van der Waals surface area contributed by atoms with Gasteiger partial charge in [0.2, 0.25) is 0 Å². The Kier molecular flexibility index (Phi) is 5.48. The maximum absolute atomic E-state index is 13.0. The normalized spacial score (nSPS) is 11.9. The van der Waals surface area contributed by atoms with Crippen LogP contribution in [-0.2, 0) is 28.7 Å². The number of carbonyl (C=O) groups is 1. The van der Waals surface area contributed by atoms with Gasteiger partial charge < -0.3 is 4.74 Å². The molecule has 2 aromatic heterocycles. The van der Waals surface area contributed by atoms with Crippen molar-refractivity contribution in [3.63, 3.8) is 0 Å². The van der Waals surface area contributed by atoms with Crippen LogP contribution >= 0.6 is 11.3 Å². The van der Waals surface area contributed by atoms with Crippen LogP contribution in [0, 0.1) is 0 Å². The predicted octanol–water partition coefficient (Wildman–Crippen LogP) is 4.18. The van der Waals surface area contributed by atoms with Gasteiger partial charge in [0.25, 0.3) is 5.56 Å². The van der Waals surface area contributed by atoms with E-state index < -0.39 is 17.7 Å². The Balaban J connectivity index is 1.75. The molecule has 4 rings (SSSR count). The molecule has 10 heteroatoms. The van der Waals surface area contributed by atoms with Gasteiger partial charge in [0.05, 0.1) is 46.4 Å². The summed E-state index contributed by atoms with van der Waals surface area (Å²) in [5.74, 6) is -0.468.